The predicted octanol–water partition coefficient (Wildman–Crippen LogP) is 9.39. The first kappa shape index (κ1) is 27.0. The quantitative estimate of drug-likeness (QED) is 0.247. The molecule has 1 aliphatic heterocycles. The number of nitrogens with zero attached hydrogens (tertiary/aromatic N) is 2. The lowest BCUT2D eigenvalue weighted by atomic mass is 9.88. The molecule has 0 amide bonds. The Morgan fingerprint density at radius 1 is 0.462 bits per heavy atom. The van der Waals surface area contributed by atoms with E-state index in [0.29, 0.717) is 0 Å². The third-order valence-corrected chi connectivity index (χ3v) is 11.3. The van der Waals surface area contributed by atoms with Crippen molar-refractivity contribution in [1.29, 1.82) is 0 Å². The van der Waals surface area contributed by atoms with Crippen LogP contribution in [-0.2, 0) is 10.8 Å². The van der Waals surface area contributed by atoms with Crippen molar-refractivity contribution in [2.75, 3.05) is 0 Å². The largest absolute Gasteiger partial charge is 0.260 e. The van der Waals surface area contributed by atoms with Gasteiger partial charge < -0.3 is 0 Å². The van der Waals surface area contributed by atoms with Crippen molar-refractivity contribution < 1.29 is 0 Å². The van der Waals surface area contributed by atoms with E-state index in [4.69, 9.17) is 9.97 Å². The van der Waals surface area contributed by atoms with E-state index in [2.05, 4.69) is 152 Å². The van der Waals surface area contributed by atoms with Crippen LogP contribution in [0.2, 0.25) is 13.1 Å². The lowest BCUT2D eigenvalue weighted by Crippen LogP contribution is -2.29. The number of pyridine rings is 2. The number of benzene rings is 2. The third-order valence-electron chi connectivity index (χ3n) is 7.77. The minimum atomic E-state index is -2.22. The molecule has 0 unspecified atom stereocenters. The van der Waals surface area contributed by atoms with Crippen LogP contribution in [0.4, 0.5) is 0 Å². The van der Waals surface area contributed by atoms with E-state index in [0.717, 1.165) is 11.4 Å². The molecule has 0 aliphatic carbocycles. The molecule has 2 aromatic carbocycles. The molecule has 4 aromatic rings. The second-order valence-electron chi connectivity index (χ2n) is 13.2. The van der Waals surface area contributed by atoms with Gasteiger partial charge in [-0.05, 0) is 55.9 Å². The fourth-order valence-electron chi connectivity index (χ4n) is 5.77. The highest BCUT2D eigenvalue weighted by Crippen LogP contribution is 2.55. The van der Waals surface area contributed by atoms with E-state index < -0.39 is 8.07 Å². The van der Waals surface area contributed by atoms with Gasteiger partial charge in [-0.1, -0.05) is 127 Å². The highest BCUT2D eigenvalue weighted by molar-refractivity contribution is 7.13. The highest BCUT2D eigenvalue weighted by Gasteiger charge is 2.44. The van der Waals surface area contributed by atoms with Gasteiger partial charge in [-0.3, -0.25) is 9.97 Å². The maximum Gasteiger partial charge on any atom is 0.115 e. The molecule has 0 saturated heterocycles. The highest BCUT2D eigenvalue weighted by atomic mass is 28.3. The SMILES string of the molecule is CC(C)(C)c1ccc(C2=C(c3ccccc3)C(c3ccccc3)=C(c3ccc(C(C)(C)C)nc3)[Si]2(C)C)cn1. The van der Waals surface area contributed by atoms with Crippen LogP contribution in [0.3, 0.4) is 0 Å². The molecular weight excluding hydrogens is 488 g/mol. The van der Waals surface area contributed by atoms with Gasteiger partial charge in [0.1, 0.15) is 8.07 Å². The summed E-state index contributed by atoms with van der Waals surface area (Å²) in [6.45, 7) is 18.3. The van der Waals surface area contributed by atoms with Gasteiger partial charge in [0.2, 0.25) is 0 Å². The minimum absolute atomic E-state index is 0.0108. The minimum Gasteiger partial charge on any atom is -0.260 e. The Morgan fingerprint density at radius 2 is 0.821 bits per heavy atom. The Balaban J connectivity index is 1.82. The van der Waals surface area contributed by atoms with Crippen LogP contribution in [0.15, 0.2) is 97.3 Å². The summed E-state index contributed by atoms with van der Waals surface area (Å²) in [5, 5.41) is 2.88. The number of hydrogen-bond donors (Lipinski definition) is 0. The molecule has 0 N–H and O–H groups in total. The fourth-order valence-corrected chi connectivity index (χ4v) is 9.55. The van der Waals surface area contributed by atoms with Crippen molar-refractivity contribution in [3.05, 3.63) is 131 Å². The van der Waals surface area contributed by atoms with Gasteiger partial charge in [-0.15, -0.1) is 0 Å². The van der Waals surface area contributed by atoms with Crippen LogP contribution >= 0.6 is 0 Å². The Kier molecular flexibility index (Phi) is 6.84. The van der Waals surface area contributed by atoms with Crippen LogP contribution in [-0.4, -0.2) is 18.0 Å². The normalized spacial score (nSPS) is 15.7. The molecule has 0 spiro atoms. The van der Waals surface area contributed by atoms with E-state index in [-0.39, 0.29) is 10.8 Å². The maximum absolute atomic E-state index is 4.98. The smallest absolute Gasteiger partial charge is 0.115 e. The molecule has 39 heavy (non-hydrogen) atoms. The number of rotatable bonds is 4. The molecule has 5 rings (SSSR count). The van der Waals surface area contributed by atoms with Crippen molar-refractivity contribution in [3.63, 3.8) is 0 Å². The van der Waals surface area contributed by atoms with Gasteiger partial charge in [0.25, 0.3) is 0 Å². The van der Waals surface area contributed by atoms with E-state index in [9.17, 15) is 0 Å². The lowest BCUT2D eigenvalue weighted by Gasteiger charge is -2.27. The molecule has 3 heterocycles. The van der Waals surface area contributed by atoms with Crippen LogP contribution in [0.25, 0.3) is 21.5 Å². The van der Waals surface area contributed by atoms with Gasteiger partial charge in [0.15, 0.2) is 0 Å². The van der Waals surface area contributed by atoms with Crippen molar-refractivity contribution >= 4 is 29.6 Å². The summed E-state index contributed by atoms with van der Waals surface area (Å²) < 4.78 is 0. The molecule has 3 heteroatoms. The molecule has 0 fully saturated rings. The summed E-state index contributed by atoms with van der Waals surface area (Å²) in [7, 11) is -2.22. The van der Waals surface area contributed by atoms with Crippen molar-refractivity contribution in [2.45, 2.75) is 65.5 Å². The first-order chi connectivity index (χ1) is 18.4. The lowest BCUT2D eigenvalue weighted by molar-refractivity contribution is 0.568. The number of aromatic nitrogens is 2. The molecule has 2 aromatic heterocycles. The number of hydrogen-bond acceptors (Lipinski definition) is 2. The molecule has 0 radical (unpaired) electrons. The summed E-state index contributed by atoms with van der Waals surface area (Å²) >= 11 is 0. The second kappa shape index (κ2) is 9.88. The third kappa shape index (κ3) is 5.08. The average Bonchev–Trinajstić information content (AvgIpc) is 3.16. The zero-order chi connectivity index (χ0) is 28.0. The van der Waals surface area contributed by atoms with Crippen LogP contribution in [0.5, 0.6) is 0 Å². The summed E-state index contributed by atoms with van der Waals surface area (Å²) in [5.74, 6) is 0. The first-order valence-electron chi connectivity index (χ1n) is 13.9. The molecule has 2 nitrogen and oxygen atoms in total. The summed E-state index contributed by atoms with van der Waals surface area (Å²) in [5.41, 5.74) is 9.86. The first-order valence-corrected chi connectivity index (χ1v) is 16.9. The van der Waals surface area contributed by atoms with Crippen molar-refractivity contribution in [3.8, 4) is 0 Å². The van der Waals surface area contributed by atoms with E-state index in [1.807, 2.05) is 0 Å². The number of allylic oxidation sites excluding steroid dienone is 2. The van der Waals surface area contributed by atoms with E-state index >= 15 is 0 Å². The van der Waals surface area contributed by atoms with Gasteiger partial charge in [0, 0.05) is 34.6 Å². The zero-order valence-corrected chi connectivity index (χ0v) is 25.6. The summed E-state index contributed by atoms with van der Waals surface area (Å²) in [4.78, 5) is 9.96. The average molecular weight is 529 g/mol. The van der Waals surface area contributed by atoms with E-state index in [1.165, 1.54) is 43.8 Å². The zero-order valence-electron chi connectivity index (χ0n) is 24.6. The fraction of sp³-hybridized carbons (Fsp3) is 0.278. The molecule has 0 bridgehead atoms. The standard InChI is InChI=1S/C36H40N2Si/c1-35(2,3)29-21-19-27(23-37-29)33-31(25-15-11-9-12-16-25)32(26-17-13-10-14-18-26)34(39(33,7)8)28-20-22-30(38-24-28)36(4,5)6/h9-24H,1-8H3. The van der Waals surface area contributed by atoms with Gasteiger partial charge in [-0.25, -0.2) is 0 Å². The molecule has 0 saturated carbocycles. The predicted molar refractivity (Wildman–Crippen MR) is 170 cm³/mol. The van der Waals surface area contributed by atoms with Crippen LogP contribution in [0, 0.1) is 0 Å². The second-order valence-corrected chi connectivity index (χ2v) is 17.5. The topological polar surface area (TPSA) is 25.8 Å². The Bertz CT molecular complexity index is 1410. The van der Waals surface area contributed by atoms with Crippen LogP contribution in [0.1, 0.15) is 75.2 Å². The van der Waals surface area contributed by atoms with Crippen molar-refractivity contribution in [1.82, 2.24) is 9.97 Å². The van der Waals surface area contributed by atoms with Crippen LogP contribution < -0.4 is 0 Å². The maximum atomic E-state index is 4.98. The van der Waals surface area contributed by atoms with Crippen molar-refractivity contribution in [2.24, 2.45) is 0 Å². The molecule has 198 valence electrons. The molecular formula is C36H40N2Si. The monoisotopic (exact) mass is 528 g/mol. The Morgan fingerprint density at radius 3 is 1.10 bits per heavy atom. The van der Waals surface area contributed by atoms with Gasteiger partial charge in [0.05, 0.1) is 0 Å². The van der Waals surface area contributed by atoms with Gasteiger partial charge in [-0.2, -0.15) is 0 Å². The summed E-state index contributed by atoms with van der Waals surface area (Å²) in [6, 6.07) is 30.8. The van der Waals surface area contributed by atoms with E-state index in [1.54, 1.807) is 0 Å². The summed E-state index contributed by atoms with van der Waals surface area (Å²) in [6.07, 6.45) is 4.22. The molecule has 0 atom stereocenters. The Labute approximate surface area is 235 Å². The molecule has 1 aliphatic rings. The van der Waals surface area contributed by atoms with Gasteiger partial charge >= 0.3 is 0 Å². The Hall–Kier alpha value is -3.56.